The Bertz CT molecular complexity index is 853. The first-order valence-electron chi connectivity index (χ1n) is 9.56. The molecular weight excluding hydrogens is 388 g/mol. The fourth-order valence-corrected chi connectivity index (χ4v) is 2.37. The Balaban J connectivity index is 0.000000382. The van der Waals surface area contributed by atoms with Crippen LogP contribution < -0.4 is 4.74 Å². The van der Waals surface area contributed by atoms with E-state index in [9.17, 15) is 14.4 Å². The Kier molecular flexibility index (Phi) is 9.74. The molecule has 0 aliphatic carbocycles. The van der Waals surface area contributed by atoms with E-state index in [1.807, 2.05) is 38.1 Å². The van der Waals surface area contributed by atoms with Crippen LogP contribution in [0.15, 0.2) is 30.5 Å². The van der Waals surface area contributed by atoms with Crippen molar-refractivity contribution in [3.05, 3.63) is 41.7 Å². The third kappa shape index (κ3) is 7.02. The van der Waals surface area contributed by atoms with Gasteiger partial charge in [-0.05, 0) is 30.2 Å². The van der Waals surface area contributed by atoms with Gasteiger partial charge >= 0.3 is 11.9 Å². The van der Waals surface area contributed by atoms with Crippen molar-refractivity contribution in [1.29, 1.82) is 0 Å². The van der Waals surface area contributed by atoms with E-state index < -0.39 is 5.97 Å². The summed E-state index contributed by atoms with van der Waals surface area (Å²) in [4.78, 5) is 33.1. The van der Waals surface area contributed by atoms with Gasteiger partial charge in [0.05, 0.1) is 32.7 Å². The van der Waals surface area contributed by atoms with E-state index in [0.29, 0.717) is 5.56 Å². The first-order valence-corrected chi connectivity index (χ1v) is 9.56. The molecule has 0 unspecified atom stereocenters. The lowest BCUT2D eigenvalue weighted by Crippen LogP contribution is -2.13. The molecule has 0 amide bonds. The Morgan fingerprint density at radius 3 is 2.00 bits per heavy atom. The number of rotatable bonds is 7. The Morgan fingerprint density at radius 1 is 0.967 bits per heavy atom. The molecule has 0 saturated carbocycles. The van der Waals surface area contributed by atoms with Crippen LogP contribution in [0.4, 0.5) is 0 Å². The van der Waals surface area contributed by atoms with Gasteiger partial charge in [-0.3, -0.25) is 9.59 Å². The summed E-state index contributed by atoms with van der Waals surface area (Å²) in [5, 5.41) is 4.48. The molecule has 2 aromatic rings. The highest BCUT2D eigenvalue weighted by atomic mass is 16.5. The number of aromatic nitrogens is 2. The summed E-state index contributed by atoms with van der Waals surface area (Å²) in [5.41, 5.74) is 2.09. The Labute approximate surface area is 177 Å². The second-order valence-corrected chi connectivity index (χ2v) is 7.09. The maximum Gasteiger partial charge on any atom is 0.341 e. The lowest BCUT2D eigenvalue weighted by atomic mass is 10.1. The van der Waals surface area contributed by atoms with E-state index in [-0.39, 0.29) is 30.0 Å². The van der Waals surface area contributed by atoms with Crippen molar-refractivity contribution >= 4 is 17.7 Å². The highest BCUT2D eigenvalue weighted by molar-refractivity contribution is 5.96. The van der Waals surface area contributed by atoms with Gasteiger partial charge in [0.25, 0.3) is 0 Å². The molecule has 0 atom stereocenters. The fourth-order valence-electron chi connectivity index (χ4n) is 2.37. The zero-order valence-corrected chi connectivity index (χ0v) is 18.6. The first-order chi connectivity index (χ1) is 14.1. The van der Waals surface area contributed by atoms with Crippen molar-refractivity contribution in [2.75, 3.05) is 21.3 Å². The van der Waals surface area contributed by atoms with E-state index in [1.54, 1.807) is 31.8 Å². The molecule has 0 radical (unpaired) electrons. The molecule has 1 aromatic carbocycles. The van der Waals surface area contributed by atoms with Gasteiger partial charge in [-0.25, -0.2) is 9.48 Å². The molecule has 0 fully saturated rings. The third-order valence-corrected chi connectivity index (χ3v) is 4.22. The Hall–Kier alpha value is -3.16. The maximum atomic E-state index is 11.8. The molecular formula is C22H30N2O6. The summed E-state index contributed by atoms with van der Waals surface area (Å²) in [6, 6.07) is 7.47. The van der Waals surface area contributed by atoms with Gasteiger partial charge in [0, 0.05) is 12.1 Å². The zero-order valence-electron chi connectivity index (χ0n) is 18.6. The van der Waals surface area contributed by atoms with Crippen molar-refractivity contribution in [3.63, 3.8) is 0 Å². The number of hydrogen-bond acceptors (Lipinski definition) is 7. The third-order valence-electron chi connectivity index (χ3n) is 4.22. The molecule has 0 aliphatic rings. The van der Waals surface area contributed by atoms with E-state index in [1.165, 1.54) is 14.2 Å². The summed E-state index contributed by atoms with van der Waals surface area (Å²) >= 11 is 0. The summed E-state index contributed by atoms with van der Waals surface area (Å²) in [6.45, 7) is 7.50. The minimum atomic E-state index is -0.460. The number of carbonyl (C=O) groups is 3. The second-order valence-electron chi connectivity index (χ2n) is 7.09. The van der Waals surface area contributed by atoms with E-state index >= 15 is 0 Å². The fraction of sp³-hybridized carbons (Fsp3) is 0.455. The number of nitrogens with zero attached hydrogens (tertiary/aromatic N) is 2. The molecule has 1 aromatic heterocycles. The average molecular weight is 418 g/mol. The Morgan fingerprint density at radius 2 is 1.57 bits per heavy atom. The molecule has 164 valence electrons. The maximum absolute atomic E-state index is 11.8. The van der Waals surface area contributed by atoms with Gasteiger partial charge in [-0.15, -0.1) is 0 Å². The second kappa shape index (κ2) is 11.7. The number of ketones is 1. The SMILES string of the molecule is COC(=O)CC(=O)C(C)C.COC(=O)c1cn(-c2ccc(OC)cc2)nc1C(C)C. The lowest BCUT2D eigenvalue weighted by Gasteiger charge is -2.04. The summed E-state index contributed by atoms with van der Waals surface area (Å²) in [6.07, 6.45) is 1.59. The number of esters is 2. The smallest absolute Gasteiger partial charge is 0.341 e. The van der Waals surface area contributed by atoms with Gasteiger partial charge in [0.1, 0.15) is 23.5 Å². The minimum Gasteiger partial charge on any atom is -0.497 e. The number of ether oxygens (including phenoxy) is 3. The molecule has 0 saturated heterocycles. The van der Waals surface area contributed by atoms with Crippen LogP contribution in [0.1, 0.15) is 56.1 Å². The highest BCUT2D eigenvalue weighted by Gasteiger charge is 2.19. The van der Waals surface area contributed by atoms with Crippen LogP contribution in [0.25, 0.3) is 5.69 Å². The minimum absolute atomic E-state index is 0.0770. The molecule has 1 heterocycles. The van der Waals surface area contributed by atoms with Crippen molar-refractivity contribution in [3.8, 4) is 11.4 Å². The first kappa shape index (κ1) is 24.9. The van der Waals surface area contributed by atoms with Crippen molar-refractivity contribution in [2.45, 2.75) is 40.0 Å². The molecule has 0 bridgehead atoms. The van der Waals surface area contributed by atoms with Crippen LogP contribution in [0.5, 0.6) is 5.75 Å². The summed E-state index contributed by atoms with van der Waals surface area (Å²) in [5.74, 6) is -0.0695. The quantitative estimate of drug-likeness (QED) is 0.501. The number of hydrogen-bond donors (Lipinski definition) is 0. The van der Waals surface area contributed by atoms with Crippen LogP contribution in [-0.2, 0) is 19.1 Å². The van der Waals surface area contributed by atoms with Gasteiger partial charge in [0.2, 0.25) is 0 Å². The molecule has 2 rings (SSSR count). The standard InChI is InChI=1S/C15H18N2O3.C7H12O3/c1-10(2)14-13(15(18)20-4)9-17(16-14)11-5-7-12(19-3)8-6-11;1-5(2)6(8)4-7(9)10-3/h5-10H,1-4H3;5H,4H2,1-3H3. The zero-order chi connectivity index (χ0) is 22.8. The summed E-state index contributed by atoms with van der Waals surface area (Å²) in [7, 11) is 4.27. The van der Waals surface area contributed by atoms with Gasteiger partial charge in [0.15, 0.2) is 0 Å². The van der Waals surface area contributed by atoms with E-state index in [0.717, 1.165) is 17.1 Å². The van der Waals surface area contributed by atoms with Crippen molar-refractivity contribution in [2.24, 2.45) is 5.92 Å². The highest BCUT2D eigenvalue weighted by Crippen LogP contribution is 2.21. The van der Waals surface area contributed by atoms with Crippen LogP contribution in [-0.4, -0.2) is 48.8 Å². The van der Waals surface area contributed by atoms with Crippen LogP contribution >= 0.6 is 0 Å². The molecule has 0 aliphatic heterocycles. The predicted octanol–water partition coefficient (Wildman–Crippen LogP) is 3.57. The van der Waals surface area contributed by atoms with Crippen LogP contribution in [0, 0.1) is 5.92 Å². The number of Topliss-reactive ketones (excluding diaryl/α,β-unsaturated/α-hetero) is 1. The van der Waals surface area contributed by atoms with Gasteiger partial charge in [-0.1, -0.05) is 27.7 Å². The van der Waals surface area contributed by atoms with E-state index in [4.69, 9.17) is 9.47 Å². The van der Waals surface area contributed by atoms with Crippen molar-refractivity contribution in [1.82, 2.24) is 9.78 Å². The lowest BCUT2D eigenvalue weighted by molar-refractivity contribution is -0.144. The average Bonchev–Trinajstić information content (AvgIpc) is 3.19. The topological polar surface area (TPSA) is 96.7 Å². The number of methoxy groups -OCH3 is 3. The van der Waals surface area contributed by atoms with Crippen LogP contribution in [0.3, 0.4) is 0 Å². The normalized spacial score (nSPS) is 10.3. The number of benzene rings is 1. The molecule has 0 N–H and O–H groups in total. The van der Waals surface area contributed by atoms with E-state index in [2.05, 4.69) is 9.84 Å². The monoisotopic (exact) mass is 418 g/mol. The van der Waals surface area contributed by atoms with Gasteiger partial charge < -0.3 is 14.2 Å². The largest absolute Gasteiger partial charge is 0.497 e. The van der Waals surface area contributed by atoms with Gasteiger partial charge in [-0.2, -0.15) is 5.10 Å². The molecule has 8 heteroatoms. The molecule has 8 nitrogen and oxygen atoms in total. The predicted molar refractivity (Wildman–Crippen MR) is 112 cm³/mol. The molecule has 0 spiro atoms. The molecule has 30 heavy (non-hydrogen) atoms. The van der Waals surface area contributed by atoms with Crippen LogP contribution in [0.2, 0.25) is 0 Å². The number of carbonyl (C=O) groups excluding carboxylic acids is 3. The van der Waals surface area contributed by atoms with Crippen molar-refractivity contribution < 1.29 is 28.6 Å². The summed E-state index contributed by atoms with van der Waals surface area (Å²) < 4.78 is 15.9.